The first-order valence-electron chi connectivity index (χ1n) is 39.6. The zero-order chi connectivity index (χ0) is 77.6. The number of furan rings is 3. The zero-order valence-corrected chi connectivity index (χ0v) is 51.1. The second kappa shape index (κ2) is 21.7. The van der Waals surface area contributed by atoms with Crippen LogP contribution in [-0.4, -0.2) is 9.13 Å². The van der Waals surface area contributed by atoms with Crippen molar-refractivity contribution in [3.05, 3.63) is 339 Å². The molecule has 5 heterocycles. The van der Waals surface area contributed by atoms with Crippen molar-refractivity contribution in [3.63, 3.8) is 0 Å². The van der Waals surface area contributed by atoms with Gasteiger partial charge in [0.2, 0.25) is 0 Å². The quantitative estimate of drug-likeness (QED) is 0.129. The van der Waals surface area contributed by atoms with Crippen LogP contribution in [0.25, 0.3) is 154 Å². The molecule has 0 saturated heterocycles. The number of rotatable bonds is 11. The van der Waals surface area contributed by atoms with E-state index in [0.717, 1.165) is 49.4 Å². The third-order valence-corrected chi connectivity index (χ3v) is 18.5. The Morgan fingerprint density at radius 1 is 0.237 bits per heavy atom. The highest BCUT2D eigenvalue weighted by Gasteiger charge is 2.27. The number of fused-ring (bicyclic) bond motifs is 15. The summed E-state index contributed by atoms with van der Waals surface area (Å²) in [6, 6.07) is 69.8. The van der Waals surface area contributed by atoms with Crippen molar-refractivity contribution < 1.29 is 35.2 Å². The lowest BCUT2D eigenvalue weighted by atomic mass is 9.98. The van der Waals surface area contributed by atoms with Gasteiger partial charge in [-0.05, 0) is 179 Å². The van der Waals surface area contributed by atoms with Crippen molar-refractivity contribution in [2.75, 3.05) is 9.80 Å². The smallest absolute Gasteiger partial charge is 0.137 e. The summed E-state index contributed by atoms with van der Waals surface area (Å²) in [4.78, 5) is 4.14. The van der Waals surface area contributed by atoms with Crippen LogP contribution < -0.4 is 9.80 Å². The van der Waals surface area contributed by atoms with Gasteiger partial charge in [0.25, 0.3) is 0 Å². The van der Waals surface area contributed by atoms with E-state index in [1.54, 1.807) is 24.3 Å². The van der Waals surface area contributed by atoms with Crippen LogP contribution >= 0.6 is 0 Å². The van der Waals surface area contributed by atoms with Gasteiger partial charge >= 0.3 is 0 Å². The standard InChI is InChI=1S/C90H56N4O3/c1-3-21-57(22-4-1)59-43-47-85-75(52-59)89-81(38-19-41-87(89)96-85)91(63-25-17-27-65(54-63)93-77-34-12-7-29-69(77)70-30-8-13-35-78(70)93)67-49-62(61-45-46-84-74(51-61)73-33-11-16-40-83(73)95-84)50-68(56-67)92(64-26-18-28-66(55-64)94-79-36-14-9-31-71(79)72-32-10-15-37-80(72)94)82-39-20-42-88-90(82)76-53-60(44-48-86(76)97-88)58-23-5-2-6-24-58/h1-56H/i7D,8D,9D,10D,12D,13D,14D,15D,29D,30D,31D,32D,34D,35D,36D,37D. The van der Waals surface area contributed by atoms with E-state index < -0.39 is 96.7 Å². The fourth-order valence-electron chi connectivity index (χ4n) is 14.3. The minimum Gasteiger partial charge on any atom is -0.456 e. The van der Waals surface area contributed by atoms with Crippen molar-refractivity contribution >= 4 is 144 Å². The Kier molecular flexibility index (Phi) is 9.14. The molecular weight excluding hydrogens is 1190 g/mol. The number of hydrogen-bond donors (Lipinski definition) is 0. The number of hydrogen-bond acceptors (Lipinski definition) is 5. The Morgan fingerprint density at radius 2 is 0.608 bits per heavy atom. The fourth-order valence-corrected chi connectivity index (χ4v) is 14.3. The van der Waals surface area contributed by atoms with Crippen molar-refractivity contribution in [1.29, 1.82) is 0 Å². The highest BCUT2D eigenvalue weighted by molar-refractivity contribution is 6.17. The van der Waals surface area contributed by atoms with Gasteiger partial charge in [-0.2, -0.15) is 0 Å². The molecule has 0 N–H and O–H groups in total. The maximum Gasteiger partial charge on any atom is 0.137 e. The van der Waals surface area contributed by atoms with Crippen LogP contribution in [0.1, 0.15) is 21.9 Å². The van der Waals surface area contributed by atoms with Crippen LogP contribution in [0.5, 0.6) is 0 Å². The van der Waals surface area contributed by atoms with Crippen LogP contribution in [0.4, 0.5) is 34.1 Å². The summed E-state index contributed by atoms with van der Waals surface area (Å²) in [5.74, 6) is 0. The summed E-state index contributed by atoms with van der Waals surface area (Å²) in [5.41, 5.74) is 12.1. The van der Waals surface area contributed by atoms with Gasteiger partial charge in [0.15, 0.2) is 0 Å². The number of anilines is 6. The van der Waals surface area contributed by atoms with E-state index >= 15 is 0 Å². The lowest BCUT2D eigenvalue weighted by molar-refractivity contribution is 0.668. The Labute approximate surface area is 579 Å². The molecule has 0 radical (unpaired) electrons. The van der Waals surface area contributed by atoms with E-state index in [-0.39, 0.29) is 55.0 Å². The molecule has 0 spiro atoms. The van der Waals surface area contributed by atoms with Crippen LogP contribution in [0.15, 0.2) is 353 Å². The van der Waals surface area contributed by atoms with Crippen LogP contribution in [-0.2, 0) is 0 Å². The summed E-state index contributed by atoms with van der Waals surface area (Å²) >= 11 is 0. The molecule has 15 aromatic carbocycles. The van der Waals surface area contributed by atoms with E-state index in [2.05, 4.69) is 40.1 Å². The Bertz CT molecular complexity index is 7020. The van der Waals surface area contributed by atoms with Gasteiger partial charge in [-0.15, -0.1) is 0 Å². The minimum absolute atomic E-state index is 0.0687. The maximum absolute atomic E-state index is 9.63. The van der Waals surface area contributed by atoms with Gasteiger partial charge in [-0.25, -0.2) is 0 Å². The molecule has 97 heavy (non-hydrogen) atoms. The molecule has 0 aliphatic carbocycles. The molecule has 0 atom stereocenters. The van der Waals surface area contributed by atoms with Crippen molar-refractivity contribution in [2.24, 2.45) is 0 Å². The monoisotopic (exact) mass is 1260 g/mol. The third kappa shape index (κ3) is 8.76. The average molecular weight is 1260 g/mol. The first kappa shape index (κ1) is 40.8. The number of nitrogens with zero attached hydrogens (tertiary/aromatic N) is 4. The first-order chi connectivity index (χ1) is 54.7. The van der Waals surface area contributed by atoms with Crippen molar-refractivity contribution in [3.8, 4) is 44.8 Å². The highest BCUT2D eigenvalue weighted by atomic mass is 16.3. The van der Waals surface area contributed by atoms with Crippen LogP contribution in [0, 0.1) is 0 Å². The van der Waals surface area contributed by atoms with E-state index in [1.165, 1.54) is 9.13 Å². The summed E-state index contributed by atoms with van der Waals surface area (Å²) in [6.07, 6.45) is 0. The molecule has 0 fully saturated rings. The Morgan fingerprint density at radius 3 is 1.08 bits per heavy atom. The average Bonchev–Trinajstić information content (AvgIpc) is 1.56. The van der Waals surface area contributed by atoms with E-state index in [1.807, 2.05) is 188 Å². The van der Waals surface area contributed by atoms with Gasteiger partial charge in [0.1, 0.15) is 33.5 Å². The van der Waals surface area contributed by atoms with Gasteiger partial charge in [-0.3, -0.25) is 0 Å². The van der Waals surface area contributed by atoms with Crippen molar-refractivity contribution in [2.45, 2.75) is 0 Å². The molecule has 20 rings (SSSR count). The summed E-state index contributed by atoms with van der Waals surface area (Å²) in [7, 11) is 0. The zero-order valence-electron chi connectivity index (χ0n) is 67.1. The Balaban J connectivity index is 0.929. The number of benzene rings is 15. The predicted molar refractivity (Wildman–Crippen MR) is 403 cm³/mol. The third-order valence-electron chi connectivity index (χ3n) is 18.5. The van der Waals surface area contributed by atoms with Gasteiger partial charge < -0.3 is 32.2 Å². The lowest BCUT2D eigenvalue weighted by Crippen LogP contribution is -2.14. The van der Waals surface area contributed by atoms with Gasteiger partial charge in [0, 0.05) is 77.2 Å². The second-order valence-electron chi connectivity index (χ2n) is 24.0. The van der Waals surface area contributed by atoms with Gasteiger partial charge in [0.05, 0.1) is 66.1 Å². The Hall–Kier alpha value is -13.1. The second-order valence-corrected chi connectivity index (χ2v) is 24.0. The molecule has 5 aromatic heterocycles. The molecule has 454 valence electrons. The van der Waals surface area contributed by atoms with Crippen LogP contribution in [0.2, 0.25) is 0 Å². The lowest BCUT2D eigenvalue weighted by Gasteiger charge is -2.31. The largest absolute Gasteiger partial charge is 0.456 e. The first-order valence-corrected chi connectivity index (χ1v) is 31.6. The molecule has 7 heteroatoms. The molecule has 0 aliphatic heterocycles. The summed E-state index contributed by atoms with van der Waals surface area (Å²) in [5, 5.41) is 4.26. The number of aromatic nitrogens is 2. The normalized spacial score (nSPS) is 14.2. The SMILES string of the molecule is [2H]c1c([2H])c([2H])c2c(c1[2H])c1c([2H])c([2H])c([2H])c([2H])c1n2-c1cccc(N(c2cc(-c3ccc4oc5ccccc5c4c3)cc(N(c3cccc(-n4c5c([2H])c([2H])c([2H])c([2H])c5c5c([2H])c([2H])c([2H])c([2H])c54)c3)c3cccc4oc5ccc(-c6ccccc6)cc5c34)c2)c2cccc3oc4ccc(-c5ccccc5)cc4c23)c1. The fraction of sp³-hybridized carbons (Fsp3) is 0. The molecule has 0 unspecified atom stereocenters. The molecular formula is C90H56N4O3. The molecule has 0 aliphatic rings. The van der Waals surface area contributed by atoms with Crippen LogP contribution in [0.3, 0.4) is 0 Å². The van der Waals surface area contributed by atoms with E-state index in [4.69, 9.17) is 24.2 Å². The molecule has 20 aromatic rings. The minimum atomic E-state index is -0.575. The molecule has 0 bridgehead atoms. The van der Waals surface area contributed by atoms with Gasteiger partial charge in [-0.1, -0.05) is 194 Å². The van der Waals surface area contributed by atoms with E-state index in [0.29, 0.717) is 84.0 Å². The van der Waals surface area contributed by atoms with Crippen molar-refractivity contribution in [1.82, 2.24) is 9.13 Å². The molecule has 0 saturated carbocycles. The molecule has 0 amide bonds. The molecule has 7 nitrogen and oxygen atoms in total. The number of para-hydroxylation sites is 5. The van der Waals surface area contributed by atoms with E-state index in [9.17, 15) is 11.0 Å². The predicted octanol–water partition coefficient (Wildman–Crippen LogP) is 25.5. The topological polar surface area (TPSA) is 55.8 Å². The summed E-state index contributed by atoms with van der Waals surface area (Å²) < 4.78 is 171. The maximum atomic E-state index is 9.63. The highest BCUT2D eigenvalue weighted by Crippen LogP contribution is 2.51. The summed E-state index contributed by atoms with van der Waals surface area (Å²) in [6.45, 7) is 0.